The Hall–Kier alpha value is -2.56. The highest BCUT2D eigenvalue weighted by molar-refractivity contribution is 5.89. The molecular formula is C22H30N4O. The van der Waals surface area contributed by atoms with Gasteiger partial charge in [-0.05, 0) is 61.1 Å². The van der Waals surface area contributed by atoms with Crippen LogP contribution in [0.2, 0.25) is 0 Å². The molecule has 1 aromatic carbocycles. The number of pyridine rings is 1. The summed E-state index contributed by atoms with van der Waals surface area (Å²) in [7, 11) is 0. The van der Waals surface area contributed by atoms with Gasteiger partial charge in [-0.1, -0.05) is 20.8 Å². The summed E-state index contributed by atoms with van der Waals surface area (Å²) in [5.41, 5.74) is 3.22. The van der Waals surface area contributed by atoms with Gasteiger partial charge in [0.1, 0.15) is 5.82 Å². The molecule has 1 amide bonds. The van der Waals surface area contributed by atoms with Crippen LogP contribution in [0.4, 0.5) is 22.9 Å². The van der Waals surface area contributed by atoms with E-state index in [4.69, 9.17) is 0 Å². The van der Waals surface area contributed by atoms with Crippen molar-refractivity contribution in [2.45, 2.75) is 40.0 Å². The molecular weight excluding hydrogens is 336 g/mol. The van der Waals surface area contributed by atoms with E-state index in [2.05, 4.69) is 51.7 Å². The Balaban J connectivity index is 1.55. The van der Waals surface area contributed by atoms with E-state index in [1.165, 1.54) is 18.5 Å². The molecule has 0 bridgehead atoms. The Morgan fingerprint density at radius 1 is 1.11 bits per heavy atom. The summed E-state index contributed by atoms with van der Waals surface area (Å²) in [5, 5.41) is 6.19. The summed E-state index contributed by atoms with van der Waals surface area (Å²) < 4.78 is 0. The molecule has 2 N–H and O–H groups in total. The Morgan fingerprint density at radius 3 is 2.37 bits per heavy atom. The predicted molar refractivity (Wildman–Crippen MR) is 113 cm³/mol. The van der Waals surface area contributed by atoms with Crippen LogP contribution in [0, 0.1) is 11.8 Å². The second kappa shape index (κ2) is 8.89. The molecule has 0 spiro atoms. The smallest absolute Gasteiger partial charge is 0.225 e. The second-order valence-electron chi connectivity index (χ2n) is 7.92. The third-order valence-corrected chi connectivity index (χ3v) is 4.93. The average Bonchev–Trinajstić information content (AvgIpc) is 2.64. The largest absolute Gasteiger partial charge is 0.372 e. The van der Waals surface area contributed by atoms with Gasteiger partial charge in [0, 0.05) is 30.9 Å². The van der Waals surface area contributed by atoms with Crippen LogP contribution in [0.3, 0.4) is 0 Å². The van der Waals surface area contributed by atoms with Crippen LogP contribution in [0.1, 0.15) is 40.0 Å². The molecule has 0 aliphatic carbocycles. The fraction of sp³-hybridized carbons (Fsp3) is 0.455. The topological polar surface area (TPSA) is 57.3 Å². The first-order chi connectivity index (χ1) is 13.0. The van der Waals surface area contributed by atoms with Gasteiger partial charge in [-0.3, -0.25) is 4.79 Å². The molecule has 5 nitrogen and oxygen atoms in total. The van der Waals surface area contributed by atoms with Crippen molar-refractivity contribution in [1.82, 2.24) is 4.98 Å². The summed E-state index contributed by atoms with van der Waals surface area (Å²) in [6.07, 6.45) is 4.78. The normalized spacial score (nSPS) is 15.0. The summed E-state index contributed by atoms with van der Waals surface area (Å²) in [4.78, 5) is 18.6. The Labute approximate surface area is 162 Å². The zero-order valence-electron chi connectivity index (χ0n) is 16.5. The lowest BCUT2D eigenvalue weighted by atomic mass is 9.99. The summed E-state index contributed by atoms with van der Waals surface area (Å²) in [6.45, 7) is 8.66. The molecule has 27 heavy (non-hydrogen) atoms. The van der Waals surface area contributed by atoms with Gasteiger partial charge in [0.25, 0.3) is 0 Å². The molecule has 1 aliphatic rings. The number of aromatic nitrogens is 1. The first-order valence-electron chi connectivity index (χ1n) is 9.87. The van der Waals surface area contributed by atoms with E-state index in [-0.39, 0.29) is 5.91 Å². The molecule has 1 fully saturated rings. The molecule has 1 aliphatic heterocycles. The minimum atomic E-state index is 0.000837. The lowest BCUT2D eigenvalue weighted by Crippen LogP contribution is -2.32. The molecule has 2 heterocycles. The number of nitrogens with one attached hydrogen (secondary N) is 2. The molecule has 0 atom stereocenters. The number of benzene rings is 1. The van der Waals surface area contributed by atoms with Crippen LogP contribution in [-0.4, -0.2) is 24.0 Å². The quantitative estimate of drug-likeness (QED) is 0.751. The van der Waals surface area contributed by atoms with Gasteiger partial charge in [0.05, 0.1) is 11.9 Å². The second-order valence-corrected chi connectivity index (χ2v) is 7.92. The summed E-state index contributed by atoms with van der Waals surface area (Å²) in [5.74, 6) is 1.76. The summed E-state index contributed by atoms with van der Waals surface area (Å²) >= 11 is 0. The maximum absolute atomic E-state index is 11.8. The minimum Gasteiger partial charge on any atom is -0.372 e. The lowest BCUT2D eigenvalue weighted by Gasteiger charge is -2.32. The number of hydrogen-bond donors (Lipinski definition) is 2. The highest BCUT2D eigenvalue weighted by Crippen LogP contribution is 2.25. The van der Waals surface area contributed by atoms with E-state index in [0.29, 0.717) is 18.2 Å². The Bertz CT molecular complexity index is 732. The number of amides is 1. The number of carbonyl (C=O) groups is 1. The van der Waals surface area contributed by atoms with E-state index >= 15 is 0 Å². The third-order valence-electron chi connectivity index (χ3n) is 4.93. The number of rotatable bonds is 6. The van der Waals surface area contributed by atoms with Crippen LogP contribution < -0.4 is 15.5 Å². The van der Waals surface area contributed by atoms with Gasteiger partial charge < -0.3 is 15.5 Å². The minimum absolute atomic E-state index is 0.000837. The van der Waals surface area contributed by atoms with Crippen molar-refractivity contribution in [2.75, 3.05) is 28.6 Å². The Morgan fingerprint density at radius 2 is 1.78 bits per heavy atom. The summed E-state index contributed by atoms with van der Waals surface area (Å²) in [6, 6.07) is 12.3. The highest BCUT2D eigenvalue weighted by Gasteiger charge is 2.15. The molecule has 144 valence electrons. The number of anilines is 4. The van der Waals surface area contributed by atoms with Gasteiger partial charge in [-0.25, -0.2) is 4.98 Å². The molecule has 0 saturated carbocycles. The number of hydrogen-bond acceptors (Lipinski definition) is 4. The molecule has 1 saturated heterocycles. The molecule has 1 aromatic heterocycles. The standard InChI is InChI=1S/C22H30N4O/c1-16(2)14-22(27)25-21-9-6-19(15-23-21)24-18-4-7-20(8-5-18)26-12-10-17(3)11-13-26/h4-9,15-17,24H,10-14H2,1-3H3,(H,23,25,27). The van der Waals surface area contributed by atoms with Gasteiger partial charge in [-0.2, -0.15) is 0 Å². The number of nitrogens with zero attached hydrogens (tertiary/aromatic N) is 2. The predicted octanol–water partition coefficient (Wildman–Crippen LogP) is 5.05. The van der Waals surface area contributed by atoms with Crippen LogP contribution in [0.15, 0.2) is 42.6 Å². The maximum atomic E-state index is 11.8. The Kier molecular flexibility index (Phi) is 6.32. The van der Waals surface area contributed by atoms with Crippen molar-refractivity contribution in [3.8, 4) is 0 Å². The number of carbonyl (C=O) groups excluding carboxylic acids is 1. The zero-order valence-corrected chi connectivity index (χ0v) is 16.5. The zero-order chi connectivity index (χ0) is 19.2. The molecule has 3 rings (SSSR count). The SMILES string of the molecule is CC(C)CC(=O)Nc1ccc(Nc2ccc(N3CCC(C)CC3)cc2)cn1. The van der Waals surface area contributed by atoms with E-state index < -0.39 is 0 Å². The van der Waals surface area contributed by atoms with Gasteiger partial charge >= 0.3 is 0 Å². The third kappa shape index (κ3) is 5.71. The number of piperidine rings is 1. The monoisotopic (exact) mass is 366 g/mol. The van der Waals surface area contributed by atoms with Crippen molar-refractivity contribution in [3.63, 3.8) is 0 Å². The van der Waals surface area contributed by atoms with E-state index in [0.717, 1.165) is 30.4 Å². The van der Waals surface area contributed by atoms with Crippen molar-refractivity contribution >= 4 is 28.8 Å². The fourth-order valence-corrected chi connectivity index (χ4v) is 3.30. The van der Waals surface area contributed by atoms with Gasteiger partial charge in [0.15, 0.2) is 0 Å². The fourth-order valence-electron chi connectivity index (χ4n) is 3.30. The van der Waals surface area contributed by atoms with Crippen molar-refractivity contribution in [1.29, 1.82) is 0 Å². The maximum Gasteiger partial charge on any atom is 0.225 e. The highest BCUT2D eigenvalue weighted by atomic mass is 16.1. The van der Waals surface area contributed by atoms with Crippen LogP contribution in [0.25, 0.3) is 0 Å². The van der Waals surface area contributed by atoms with Gasteiger partial charge in [0.2, 0.25) is 5.91 Å². The lowest BCUT2D eigenvalue weighted by molar-refractivity contribution is -0.116. The van der Waals surface area contributed by atoms with Crippen molar-refractivity contribution in [3.05, 3.63) is 42.6 Å². The molecule has 0 radical (unpaired) electrons. The molecule has 0 unspecified atom stereocenters. The van der Waals surface area contributed by atoms with E-state index in [9.17, 15) is 4.79 Å². The molecule has 2 aromatic rings. The van der Waals surface area contributed by atoms with Crippen LogP contribution in [0.5, 0.6) is 0 Å². The average molecular weight is 367 g/mol. The first-order valence-corrected chi connectivity index (χ1v) is 9.87. The van der Waals surface area contributed by atoms with E-state index in [1.54, 1.807) is 6.20 Å². The van der Waals surface area contributed by atoms with Crippen molar-refractivity contribution in [2.24, 2.45) is 11.8 Å². The molecule has 5 heteroatoms. The first kappa shape index (κ1) is 19.2. The van der Waals surface area contributed by atoms with Gasteiger partial charge in [-0.15, -0.1) is 0 Å². The van der Waals surface area contributed by atoms with Crippen LogP contribution >= 0.6 is 0 Å². The van der Waals surface area contributed by atoms with E-state index in [1.807, 2.05) is 26.0 Å². The van der Waals surface area contributed by atoms with Crippen molar-refractivity contribution < 1.29 is 4.79 Å². The van der Waals surface area contributed by atoms with Crippen LogP contribution in [-0.2, 0) is 4.79 Å².